The van der Waals surface area contributed by atoms with Gasteiger partial charge in [-0.25, -0.2) is 0 Å². The molecule has 1 amide bonds. The van der Waals surface area contributed by atoms with Crippen molar-refractivity contribution in [3.63, 3.8) is 0 Å². The third kappa shape index (κ3) is 3.69. The van der Waals surface area contributed by atoms with Gasteiger partial charge in [-0.2, -0.15) is 0 Å². The maximum Gasteiger partial charge on any atom is 0.251 e. The van der Waals surface area contributed by atoms with Gasteiger partial charge in [-0.05, 0) is 18.2 Å². The number of benzene rings is 1. The molecule has 0 aliphatic carbocycles. The average Bonchev–Trinajstić information content (AvgIpc) is 2.36. The van der Waals surface area contributed by atoms with E-state index in [0.717, 1.165) is 4.47 Å². The molecule has 5 nitrogen and oxygen atoms in total. The van der Waals surface area contributed by atoms with E-state index in [9.17, 15) is 4.79 Å². The van der Waals surface area contributed by atoms with Crippen LogP contribution in [0.4, 0.5) is 5.69 Å². The minimum atomic E-state index is -0.169. The van der Waals surface area contributed by atoms with E-state index in [1.54, 1.807) is 18.2 Å². The standard InChI is InChI=1S/C12H15BrN2O3/c13-9-3-8(4-10(14)5-9)12(16)15-6-11-7-17-1-2-18-11/h3-5,11H,1-2,6-7,14H2,(H,15,16). The van der Waals surface area contributed by atoms with Crippen LogP contribution in [0.2, 0.25) is 0 Å². The van der Waals surface area contributed by atoms with Gasteiger partial charge in [0.15, 0.2) is 0 Å². The van der Waals surface area contributed by atoms with E-state index in [0.29, 0.717) is 37.6 Å². The number of anilines is 1. The first-order valence-corrected chi connectivity index (χ1v) is 6.48. The molecule has 1 aliphatic heterocycles. The second kappa shape index (κ2) is 6.17. The fourth-order valence-electron chi connectivity index (χ4n) is 1.71. The Morgan fingerprint density at radius 1 is 1.44 bits per heavy atom. The van der Waals surface area contributed by atoms with Crippen LogP contribution in [0.5, 0.6) is 0 Å². The smallest absolute Gasteiger partial charge is 0.251 e. The largest absolute Gasteiger partial charge is 0.399 e. The van der Waals surface area contributed by atoms with Crippen LogP contribution in [-0.2, 0) is 9.47 Å². The fourth-order valence-corrected chi connectivity index (χ4v) is 2.22. The van der Waals surface area contributed by atoms with Gasteiger partial charge in [0.05, 0.1) is 25.9 Å². The summed E-state index contributed by atoms with van der Waals surface area (Å²) in [4.78, 5) is 11.9. The highest BCUT2D eigenvalue weighted by atomic mass is 79.9. The third-order valence-corrected chi connectivity index (χ3v) is 3.02. The number of carbonyl (C=O) groups excluding carboxylic acids is 1. The first kappa shape index (κ1) is 13.3. The summed E-state index contributed by atoms with van der Waals surface area (Å²) in [6.07, 6.45) is -0.0767. The first-order chi connectivity index (χ1) is 8.65. The number of halogens is 1. The minimum absolute atomic E-state index is 0.0767. The van der Waals surface area contributed by atoms with E-state index in [1.807, 2.05) is 0 Å². The van der Waals surface area contributed by atoms with Crippen LogP contribution >= 0.6 is 15.9 Å². The molecule has 18 heavy (non-hydrogen) atoms. The van der Waals surface area contributed by atoms with Crippen LogP contribution in [-0.4, -0.2) is 38.4 Å². The van der Waals surface area contributed by atoms with Crippen molar-refractivity contribution in [2.24, 2.45) is 0 Å². The van der Waals surface area contributed by atoms with Crippen molar-refractivity contribution in [3.05, 3.63) is 28.2 Å². The van der Waals surface area contributed by atoms with Gasteiger partial charge < -0.3 is 20.5 Å². The summed E-state index contributed by atoms with van der Waals surface area (Å²) in [5.74, 6) is -0.169. The van der Waals surface area contributed by atoms with Gasteiger partial charge in [-0.15, -0.1) is 0 Å². The molecule has 0 spiro atoms. The lowest BCUT2D eigenvalue weighted by Gasteiger charge is -2.23. The molecule has 1 saturated heterocycles. The topological polar surface area (TPSA) is 73.6 Å². The molecule has 1 atom stereocenters. The van der Waals surface area contributed by atoms with E-state index in [4.69, 9.17) is 15.2 Å². The molecule has 1 unspecified atom stereocenters. The van der Waals surface area contributed by atoms with Crippen LogP contribution in [0.1, 0.15) is 10.4 Å². The normalized spacial score (nSPS) is 19.5. The maximum absolute atomic E-state index is 11.9. The molecule has 0 aromatic heterocycles. The van der Waals surface area contributed by atoms with E-state index in [2.05, 4.69) is 21.2 Å². The lowest BCUT2D eigenvalue weighted by Crippen LogP contribution is -2.39. The highest BCUT2D eigenvalue weighted by Crippen LogP contribution is 2.17. The van der Waals surface area contributed by atoms with Gasteiger partial charge in [0.25, 0.3) is 5.91 Å². The molecule has 1 aromatic carbocycles. The van der Waals surface area contributed by atoms with Crippen LogP contribution in [0.25, 0.3) is 0 Å². The molecule has 1 heterocycles. The predicted octanol–water partition coefficient (Wildman–Crippen LogP) is 1.18. The van der Waals surface area contributed by atoms with E-state index in [-0.39, 0.29) is 12.0 Å². The van der Waals surface area contributed by atoms with Crippen molar-refractivity contribution in [1.82, 2.24) is 5.32 Å². The Kier molecular flexibility index (Phi) is 4.57. The minimum Gasteiger partial charge on any atom is -0.399 e. The molecular weight excluding hydrogens is 300 g/mol. The second-order valence-electron chi connectivity index (χ2n) is 4.05. The predicted molar refractivity (Wildman–Crippen MR) is 71.4 cm³/mol. The molecular formula is C12H15BrN2O3. The number of hydrogen-bond donors (Lipinski definition) is 2. The highest BCUT2D eigenvalue weighted by Gasteiger charge is 2.16. The summed E-state index contributed by atoms with van der Waals surface area (Å²) in [5, 5.41) is 2.80. The van der Waals surface area contributed by atoms with Crippen LogP contribution < -0.4 is 11.1 Å². The van der Waals surface area contributed by atoms with Crippen molar-refractivity contribution in [2.75, 3.05) is 32.1 Å². The average molecular weight is 315 g/mol. The zero-order valence-electron chi connectivity index (χ0n) is 9.82. The van der Waals surface area contributed by atoms with Crippen molar-refractivity contribution in [1.29, 1.82) is 0 Å². The Balaban J connectivity index is 1.90. The summed E-state index contributed by atoms with van der Waals surface area (Å²) in [7, 11) is 0. The van der Waals surface area contributed by atoms with Gasteiger partial charge in [-0.3, -0.25) is 4.79 Å². The molecule has 3 N–H and O–H groups in total. The molecule has 0 radical (unpaired) electrons. The molecule has 0 saturated carbocycles. The van der Waals surface area contributed by atoms with E-state index >= 15 is 0 Å². The van der Waals surface area contributed by atoms with Gasteiger partial charge in [0.2, 0.25) is 0 Å². The lowest BCUT2D eigenvalue weighted by molar-refractivity contribution is -0.0855. The molecule has 1 fully saturated rings. The number of amides is 1. The van der Waals surface area contributed by atoms with Gasteiger partial charge in [0.1, 0.15) is 0 Å². The van der Waals surface area contributed by atoms with E-state index in [1.165, 1.54) is 0 Å². The van der Waals surface area contributed by atoms with Crippen molar-refractivity contribution >= 4 is 27.5 Å². The Morgan fingerprint density at radius 2 is 2.28 bits per heavy atom. The number of rotatable bonds is 3. The summed E-state index contributed by atoms with van der Waals surface area (Å²) in [6.45, 7) is 2.14. The zero-order valence-corrected chi connectivity index (χ0v) is 11.4. The molecule has 6 heteroatoms. The summed E-state index contributed by atoms with van der Waals surface area (Å²) >= 11 is 3.30. The Bertz CT molecular complexity index is 413. The number of nitrogens with two attached hydrogens (primary N) is 1. The van der Waals surface area contributed by atoms with Gasteiger partial charge in [-0.1, -0.05) is 15.9 Å². The van der Waals surface area contributed by atoms with Gasteiger partial charge >= 0.3 is 0 Å². The SMILES string of the molecule is Nc1cc(Br)cc(C(=O)NCC2COCCO2)c1. The Hall–Kier alpha value is -1.11. The molecule has 2 rings (SSSR count). The van der Waals surface area contributed by atoms with Crippen molar-refractivity contribution in [3.8, 4) is 0 Å². The number of hydrogen-bond acceptors (Lipinski definition) is 4. The summed E-state index contributed by atoms with van der Waals surface area (Å²) in [5.41, 5.74) is 6.76. The molecule has 1 aromatic rings. The fraction of sp³-hybridized carbons (Fsp3) is 0.417. The maximum atomic E-state index is 11.9. The first-order valence-electron chi connectivity index (χ1n) is 5.69. The zero-order chi connectivity index (χ0) is 13.0. The Morgan fingerprint density at radius 3 is 2.94 bits per heavy atom. The number of nitrogens with one attached hydrogen (secondary N) is 1. The quantitative estimate of drug-likeness (QED) is 0.822. The van der Waals surface area contributed by atoms with E-state index < -0.39 is 0 Å². The molecule has 98 valence electrons. The summed E-state index contributed by atoms with van der Waals surface area (Å²) in [6, 6.07) is 5.11. The van der Waals surface area contributed by atoms with Crippen molar-refractivity contribution in [2.45, 2.75) is 6.10 Å². The Labute approximate surface area is 114 Å². The van der Waals surface area contributed by atoms with Gasteiger partial charge in [0, 0.05) is 22.3 Å². The number of carbonyl (C=O) groups is 1. The van der Waals surface area contributed by atoms with Crippen LogP contribution in [0.3, 0.4) is 0 Å². The highest BCUT2D eigenvalue weighted by molar-refractivity contribution is 9.10. The monoisotopic (exact) mass is 314 g/mol. The lowest BCUT2D eigenvalue weighted by atomic mass is 10.2. The molecule has 0 bridgehead atoms. The number of ether oxygens (including phenoxy) is 2. The van der Waals surface area contributed by atoms with Crippen molar-refractivity contribution < 1.29 is 14.3 Å². The third-order valence-electron chi connectivity index (χ3n) is 2.56. The molecule has 1 aliphatic rings. The van der Waals surface area contributed by atoms with Crippen LogP contribution in [0, 0.1) is 0 Å². The second-order valence-corrected chi connectivity index (χ2v) is 4.97. The van der Waals surface area contributed by atoms with Crippen LogP contribution in [0.15, 0.2) is 22.7 Å². The summed E-state index contributed by atoms with van der Waals surface area (Å²) < 4.78 is 11.5. The number of nitrogen functional groups attached to an aromatic ring is 1.